The highest BCUT2D eigenvalue weighted by Gasteiger charge is 2.30. The summed E-state index contributed by atoms with van der Waals surface area (Å²) in [5.74, 6) is 0.683. The van der Waals surface area contributed by atoms with Crippen LogP contribution in [0.2, 0.25) is 0 Å². The number of piperazine rings is 1. The molecule has 5 heteroatoms. The standard InChI is InChI=1S/C12H19N3O2/c1-9(7-10-3-2-6-17-10)15-5-4-14-8-11(15)12(13)16/h2-3,6,9,11,14H,4-5,7-8H2,1H3,(H2,13,16). The molecule has 1 saturated heterocycles. The number of carbonyl (C=O) groups excluding carboxylic acids is 1. The van der Waals surface area contributed by atoms with Crippen LogP contribution < -0.4 is 11.1 Å². The van der Waals surface area contributed by atoms with Crippen molar-refractivity contribution in [3.8, 4) is 0 Å². The van der Waals surface area contributed by atoms with Gasteiger partial charge in [-0.25, -0.2) is 0 Å². The molecule has 5 nitrogen and oxygen atoms in total. The average molecular weight is 237 g/mol. The van der Waals surface area contributed by atoms with Crippen LogP contribution in [-0.2, 0) is 11.2 Å². The molecule has 2 rings (SSSR count). The molecule has 3 N–H and O–H groups in total. The quantitative estimate of drug-likeness (QED) is 0.771. The van der Waals surface area contributed by atoms with Gasteiger partial charge >= 0.3 is 0 Å². The second kappa shape index (κ2) is 5.33. The van der Waals surface area contributed by atoms with Gasteiger partial charge in [-0.2, -0.15) is 0 Å². The number of rotatable bonds is 4. The van der Waals surface area contributed by atoms with E-state index in [9.17, 15) is 4.79 Å². The number of nitrogens with one attached hydrogen (secondary N) is 1. The molecule has 0 aromatic carbocycles. The van der Waals surface area contributed by atoms with Gasteiger partial charge in [-0.1, -0.05) is 0 Å². The molecular formula is C12H19N3O2. The third-order valence-electron chi connectivity index (χ3n) is 3.26. The van der Waals surface area contributed by atoms with E-state index >= 15 is 0 Å². The Bertz CT molecular complexity index is 364. The zero-order chi connectivity index (χ0) is 12.3. The van der Waals surface area contributed by atoms with Crippen molar-refractivity contribution >= 4 is 5.91 Å². The normalized spacial score (nSPS) is 23.5. The molecule has 0 saturated carbocycles. The highest BCUT2D eigenvalue weighted by atomic mass is 16.3. The molecule has 17 heavy (non-hydrogen) atoms. The monoisotopic (exact) mass is 237 g/mol. The Labute approximate surface area is 101 Å². The van der Waals surface area contributed by atoms with Crippen LogP contribution >= 0.6 is 0 Å². The van der Waals surface area contributed by atoms with E-state index in [4.69, 9.17) is 10.2 Å². The maximum atomic E-state index is 11.4. The molecule has 2 heterocycles. The Morgan fingerprint density at radius 3 is 3.24 bits per heavy atom. The smallest absolute Gasteiger partial charge is 0.236 e. The number of primary amides is 1. The van der Waals surface area contributed by atoms with E-state index < -0.39 is 0 Å². The summed E-state index contributed by atoms with van der Waals surface area (Å²) in [6, 6.07) is 3.87. The van der Waals surface area contributed by atoms with E-state index in [-0.39, 0.29) is 18.0 Å². The third-order valence-corrected chi connectivity index (χ3v) is 3.26. The molecular weight excluding hydrogens is 218 g/mol. The van der Waals surface area contributed by atoms with Crippen LogP contribution in [-0.4, -0.2) is 42.5 Å². The number of furan rings is 1. The van der Waals surface area contributed by atoms with Crippen molar-refractivity contribution in [2.45, 2.75) is 25.4 Å². The number of hydrogen-bond donors (Lipinski definition) is 2. The van der Waals surface area contributed by atoms with Gasteiger partial charge in [0.1, 0.15) is 11.8 Å². The van der Waals surface area contributed by atoms with Crippen molar-refractivity contribution < 1.29 is 9.21 Å². The number of amides is 1. The van der Waals surface area contributed by atoms with Gasteiger partial charge in [-0.15, -0.1) is 0 Å². The van der Waals surface area contributed by atoms with E-state index in [0.717, 1.165) is 25.3 Å². The van der Waals surface area contributed by atoms with Crippen molar-refractivity contribution in [1.82, 2.24) is 10.2 Å². The topological polar surface area (TPSA) is 71.5 Å². The Morgan fingerprint density at radius 2 is 2.59 bits per heavy atom. The average Bonchev–Trinajstić information content (AvgIpc) is 2.81. The first-order valence-corrected chi connectivity index (χ1v) is 5.96. The Morgan fingerprint density at radius 1 is 1.76 bits per heavy atom. The van der Waals surface area contributed by atoms with Gasteiger partial charge in [0.2, 0.25) is 5.91 Å². The second-order valence-electron chi connectivity index (χ2n) is 4.49. The van der Waals surface area contributed by atoms with Gasteiger partial charge in [-0.05, 0) is 19.1 Å². The van der Waals surface area contributed by atoms with Crippen LogP contribution in [0.25, 0.3) is 0 Å². The molecule has 1 aliphatic rings. The summed E-state index contributed by atoms with van der Waals surface area (Å²) < 4.78 is 5.33. The minimum Gasteiger partial charge on any atom is -0.469 e. The van der Waals surface area contributed by atoms with Crippen LogP contribution in [0.5, 0.6) is 0 Å². The molecule has 1 fully saturated rings. The van der Waals surface area contributed by atoms with Gasteiger partial charge in [0.15, 0.2) is 0 Å². The predicted molar refractivity (Wildman–Crippen MR) is 64.4 cm³/mol. The lowest BCUT2D eigenvalue weighted by Crippen LogP contribution is -2.59. The zero-order valence-electron chi connectivity index (χ0n) is 10.1. The second-order valence-corrected chi connectivity index (χ2v) is 4.49. The Kier molecular flexibility index (Phi) is 3.81. The molecule has 94 valence electrons. The first-order valence-electron chi connectivity index (χ1n) is 5.96. The fraction of sp³-hybridized carbons (Fsp3) is 0.583. The number of carbonyl (C=O) groups is 1. The van der Waals surface area contributed by atoms with Gasteiger partial charge in [-0.3, -0.25) is 9.69 Å². The first-order chi connectivity index (χ1) is 8.18. The third kappa shape index (κ3) is 2.87. The van der Waals surface area contributed by atoms with Crippen LogP contribution in [0, 0.1) is 0 Å². The highest BCUT2D eigenvalue weighted by Crippen LogP contribution is 2.13. The molecule has 1 aromatic heterocycles. The molecule has 1 amide bonds. The van der Waals surface area contributed by atoms with Gasteiger partial charge in [0.25, 0.3) is 0 Å². The lowest BCUT2D eigenvalue weighted by atomic mass is 10.1. The maximum absolute atomic E-state index is 11.4. The summed E-state index contributed by atoms with van der Waals surface area (Å²) in [6.45, 7) is 4.48. The predicted octanol–water partition coefficient (Wildman–Crippen LogP) is -0.0303. The molecule has 0 radical (unpaired) electrons. The van der Waals surface area contributed by atoms with E-state index in [1.807, 2.05) is 12.1 Å². The lowest BCUT2D eigenvalue weighted by molar-refractivity contribution is -0.124. The molecule has 1 aromatic rings. The van der Waals surface area contributed by atoms with Crippen LogP contribution in [0.4, 0.5) is 0 Å². The minimum atomic E-state index is -0.261. The fourth-order valence-corrected chi connectivity index (χ4v) is 2.35. The van der Waals surface area contributed by atoms with E-state index in [0.29, 0.717) is 6.54 Å². The number of nitrogens with two attached hydrogens (primary N) is 1. The van der Waals surface area contributed by atoms with Crippen molar-refractivity contribution in [2.24, 2.45) is 5.73 Å². The van der Waals surface area contributed by atoms with Gasteiger partial charge in [0.05, 0.1) is 6.26 Å². The molecule has 1 aliphatic heterocycles. The van der Waals surface area contributed by atoms with Crippen LogP contribution in [0.15, 0.2) is 22.8 Å². The van der Waals surface area contributed by atoms with Gasteiger partial charge < -0.3 is 15.5 Å². The maximum Gasteiger partial charge on any atom is 0.236 e. The van der Waals surface area contributed by atoms with Crippen molar-refractivity contribution in [3.05, 3.63) is 24.2 Å². The fourth-order valence-electron chi connectivity index (χ4n) is 2.35. The van der Waals surface area contributed by atoms with E-state index in [2.05, 4.69) is 17.1 Å². The van der Waals surface area contributed by atoms with Crippen molar-refractivity contribution in [2.75, 3.05) is 19.6 Å². The zero-order valence-corrected chi connectivity index (χ0v) is 10.1. The number of nitrogens with zero attached hydrogens (tertiary/aromatic N) is 1. The first kappa shape index (κ1) is 12.1. The SMILES string of the molecule is CC(Cc1ccco1)N1CCNCC1C(N)=O. The summed E-state index contributed by atoms with van der Waals surface area (Å²) in [7, 11) is 0. The van der Waals surface area contributed by atoms with E-state index in [1.165, 1.54) is 0 Å². The summed E-state index contributed by atoms with van der Waals surface area (Å²) in [6.07, 6.45) is 2.47. The molecule has 2 atom stereocenters. The summed E-state index contributed by atoms with van der Waals surface area (Å²) >= 11 is 0. The van der Waals surface area contributed by atoms with Crippen molar-refractivity contribution in [3.63, 3.8) is 0 Å². The Balaban J connectivity index is 2.00. The van der Waals surface area contributed by atoms with Crippen LogP contribution in [0.1, 0.15) is 12.7 Å². The van der Waals surface area contributed by atoms with Crippen LogP contribution in [0.3, 0.4) is 0 Å². The minimum absolute atomic E-state index is 0.214. The van der Waals surface area contributed by atoms with Gasteiger partial charge in [0, 0.05) is 32.1 Å². The lowest BCUT2D eigenvalue weighted by Gasteiger charge is -2.38. The Hall–Kier alpha value is -1.33. The van der Waals surface area contributed by atoms with E-state index in [1.54, 1.807) is 6.26 Å². The molecule has 2 unspecified atom stereocenters. The number of hydrogen-bond acceptors (Lipinski definition) is 4. The highest BCUT2D eigenvalue weighted by molar-refractivity contribution is 5.80. The molecule has 0 bridgehead atoms. The largest absolute Gasteiger partial charge is 0.469 e. The summed E-state index contributed by atoms with van der Waals surface area (Å²) in [4.78, 5) is 13.5. The summed E-state index contributed by atoms with van der Waals surface area (Å²) in [5.41, 5.74) is 5.42. The molecule has 0 aliphatic carbocycles. The molecule has 0 spiro atoms. The van der Waals surface area contributed by atoms with Crippen molar-refractivity contribution in [1.29, 1.82) is 0 Å². The summed E-state index contributed by atoms with van der Waals surface area (Å²) in [5, 5.41) is 3.19.